The zero-order valence-electron chi connectivity index (χ0n) is 11.4. The first-order chi connectivity index (χ1) is 8.63. The van der Waals surface area contributed by atoms with Crippen molar-refractivity contribution in [3.8, 4) is 0 Å². The molecule has 1 heterocycles. The highest BCUT2D eigenvalue weighted by Gasteiger charge is 2.31. The first kappa shape index (κ1) is 13.6. The van der Waals surface area contributed by atoms with Crippen LogP contribution in [0.15, 0.2) is 0 Å². The lowest BCUT2D eigenvalue weighted by Gasteiger charge is -2.22. The van der Waals surface area contributed by atoms with Crippen molar-refractivity contribution < 1.29 is 4.74 Å². The molecule has 1 saturated carbocycles. The van der Waals surface area contributed by atoms with E-state index in [1.807, 2.05) is 6.92 Å². The zero-order chi connectivity index (χ0) is 13.1. The lowest BCUT2D eigenvalue weighted by molar-refractivity contribution is 0.127. The minimum Gasteiger partial charge on any atom is -0.383 e. The van der Waals surface area contributed by atoms with Crippen LogP contribution < -0.4 is 11.1 Å². The molecule has 102 valence electrons. The Hall–Kier alpha value is -0.810. The monoisotopic (exact) mass is 269 g/mol. The number of anilines is 2. The van der Waals surface area contributed by atoms with Gasteiger partial charge >= 0.3 is 0 Å². The fourth-order valence-corrected chi connectivity index (χ4v) is 2.86. The third-order valence-corrected chi connectivity index (χ3v) is 4.17. The Morgan fingerprint density at radius 1 is 1.50 bits per heavy atom. The van der Waals surface area contributed by atoms with Crippen molar-refractivity contribution in [2.45, 2.75) is 45.6 Å². The van der Waals surface area contributed by atoms with E-state index in [0.717, 1.165) is 18.2 Å². The van der Waals surface area contributed by atoms with Crippen molar-refractivity contribution in [3.05, 3.63) is 5.56 Å². The lowest BCUT2D eigenvalue weighted by Crippen LogP contribution is -2.30. The van der Waals surface area contributed by atoms with E-state index in [0.29, 0.717) is 23.7 Å². The smallest absolute Gasteiger partial charge is 0.142 e. The number of nitrogens with two attached hydrogens (primary N) is 1. The summed E-state index contributed by atoms with van der Waals surface area (Å²) in [6.45, 7) is 7.93. The molecular weight excluding hydrogens is 246 g/mol. The van der Waals surface area contributed by atoms with Gasteiger partial charge in [-0.25, -0.2) is 0 Å². The highest BCUT2D eigenvalue weighted by atomic mass is 32.1. The summed E-state index contributed by atoms with van der Waals surface area (Å²) in [5.41, 5.74) is 7.20. The van der Waals surface area contributed by atoms with Gasteiger partial charge in [-0.05, 0) is 43.1 Å². The summed E-state index contributed by atoms with van der Waals surface area (Å²) >= 11 is 1.48. The van der Waals surface area contributed by atoms with E-state index in [4.69, 9.17) is 10.5 Å². The number of nitrogen functional groups attached to an aromatic ring is 1. The molecule has 3 N–H and O–H groups in total. The number of hydrogen-bond donors (Lipinski definition) is 2. The second-order valence-electron chi connectivity index (χ2n) is 5.24. The Bertz CT molecular complexity index is 388. The molecule has 1 fully saturated rings. The molecule has 2 rings (SSSR count). The molecule has 1 aliphatic rings. The Labute approximate surface area is 113 Å². The number of nitrogens with one attached hydrogen (secondary N) is 1. The summed E-state index contributed by atoms with van der Waals surface area (Å²) in [7, 11) is 0. The van der Waals surface area contributed by atoms with Gasteiger partial charge in [-0.3, -0.25) is 0 Å². The average Bonchev–Trinajstić information content (AvgIpc) is 3.09. The number of aromatic nitrogens is 1. The Kier molecular flexibility index (Phi) is 4.45. The highest BCUT2D eigenvalue weighted by molar-refractivity contribution is 7.10. The van der Waals surface area contributed by atoms with E-state index in [9.17, 15) is 0 Å². The quantitative estimate of drug-likeness (QED) is 0.798. The van der Waals surface area contributed by atoms with Gasteiger partial charge in [0.15, 0.2) is 0 Å². The molecule has 18 heavy (non-hydrogen) atoms. The van der Waals surface area contributed by atoms with Gasteiger partial charge in [0.05, 0.1) is 12.6 Å². The summed E-state index contributed by atoms with van der Waals surface area (Å²) < 4.78 is 9.83. The maximum absolute atomic E-state index is 5.96. The molecule has 1 aliphatic carbocycles. The van der Waals surface area contributed by atoms with Crippen molar-refractivity contribution in [1.82, 2.24) is 4.37 Å². The van der Waals surface area contributed by atoms with Crippen molar-refractivity contribution in [3.63, 3.8) is 0 Å². The Balaban J connectivity index is 2.06. The third kappa shape index (κ3) is 3.14. The maximum Gasteiger partial charge on any atom is 0.142 e. The van der Waals surface area contributed by atoms with Gasteiger partial charge in [-0.2, -0.15) is 4.37 Å². The van der Waals surface area contributed by atoms with Gasteiger partial charge in [0.25, 0.3) is 0 Å². The molecule has 0 aliphatic heterocycles. The van der Waals surface area contributed by atoms with Crippen LogP contribution >= 0.6 is 11.5 Å². The van der Waals surface area contributed by atoms with Crippen LogP contribution in [0.3, 0.4) is 0 Å². The second-order valence-corrected chi connectivity index (χ2v) is 6.01. The molecule has 0 radical (unpaired) electrons. The molecule has 0 amide bonds. The van der Waals surface area contributed by atoms with E-state index in [-0.39, 0.29) is 0 Å². The molecular formula is C13H23N3OS. The first-order valence-corrected chi connectivity index (χ1v) is 7.50. The van der Waals surface area contributed by atoms with E-state index >= 15 is 0 Å². The van der Waals surface area contributed by atoms with Crippen molar-refractivity contribution in [2.75, 3.05) is 24.3 Å². The standard InChI is InChI=1S/C13H23N3OS/c1-4-17-7-10(8(2)3)15-13-11(9-5-6-9)12(14)16-18-13/h8-10,15H,4-7H2,1-3H3,(H2,14,16). The zero-order valence-corrected chi connectivity index (χ0v) is 12.2. The number of nitrogens with zero attached hydrogens (tertiary/aromatic N) is 1. The normalized spacial score (nSPS) is 17.1. The minimum atomic E-state index is 0.322. The Morgan fingerprint density at radius 3 is 2.78 bits per heavy atom. The van der Waals surface area contributed by atoms with Crippen LogP contribution in [0, 0.1) is 5.92 Å². The molecule has 1 aromatic rings. The maximum atomic E-state index is 5.96. The summed E-state index contributed by atoms with van der Waals surface area (Å²) in [6.07, 6.45) is 2.49. The van der Waals surface area contributed by atoms with Crippen molar-refractivity contribution in [2.24, 2.45) is 5.92 Å². The van der Waals surface area contributed by atoms with E-state index in [2.05, 4.69) is 23.5 Å². The highest BCUT2D eigenvalue weighted by Crippen LogP contribution is 2.47. The van der Waals surface area contributed by atoms with Crippen LogP contribution in [0.4, 0.5) is 10.8 Å². The van der Waals surface area contributed by atoms with Gasteiger partial charge in [0, 0.05) is 12.2 Å². The second kappa shape index (κ2) is 5.89. The number of hydrogen-bond acceptors (Lipinski definition) is 5. The largest absolute Gasteiger partial charge is 0.383 e. The first-order valence-electron chi connectivity index (χ1n) is 6.72. The summed E-state index contributed by atoms with van der Waals surface area (Å²) in [5.74, 6) is 1.86. The topological polar surface area (TPSA) is 60.2 Å². The van der Waals surface area contributed by atoms with Crippen LogP contribution in [-0.4, -0.2) is 23.6 Å². The van der Waals surface area contributed by atoms with Crippen LogP contribution in [-0.2, 0) is 4.74 Å². The van der Waals surface area contributed by atoms with Crippen LogP contribution in [0.5, 0.6) is 0 Å². The fraction of sp³-hybridized carbons (Fsp3) is 0.769. The molecule has 1 atom stereocenters. The third-order valence-electron chi connectivity index (χ3n) is 3.36. The summed E-state index contributed by atoms with van der Waals surface area (Å²) in [4.78, 5) is 0. The predicted molar refractivity (Wildman–Crippen MR) is 77.2 cm³/mol. The fourth-order valence-electron chi connectivity index (χ4n) is 1.99. The lowest BCUT2D eigenvalue weighted by atomic mass is 10.1. The minimum absolute atomic E-state index is 0.322. The SMILES string of the molecule is CCOCC(Nc1snc(N)c1C1CC1)C(C)C. The van der Waals surface area contributed by atoms with Crippen LogP contribution in [0.1, 0.15) is 45.1 Å². The molecule has 4 nitrogen and oxygen atoms in total. The summed E-state index contributed by atoms with van der Waals surface area (Å²) in [6, 6.07) is 0.322. The van der Waals surface area contributed by atoms with Crippen LogP contribution in [0.2, 0.25) is 0 Å². The van der Waals surface area contributed by atoms with Gasteiger partial charge in [0.2, 0.25) is 0 Å². The van der Waals surface area contributed by atoms with Crippen molar-refractivity contribution in [1.29, 1.82) is 0 Å². The summed E-state index contributed by atoms with van der Waals surface area (Å²) in [5, 5.41) is 4.72. The average molecular weight is 269 g/mol. The predicted octanol–water partition coefficient (Wildman–Crippen LogP) is 3.08. The molecule has 0 saturated heterocycles. The van der Waals surface area contributed by atoms with E-state index < -0.39 is 0 Å². The van der Waals surface area contributed by atoms with Gasteiger partial charge in [-0.1, -0.05) is 13.8 Å². The van der Waals surface area contributed by atoms with Gasteiger partial charge < -0.3 is 15.8 Å². The molecule has 5 heteroatoms. The molecule has 0 spiro atoms. The van der Waals surface area contributed by atoms with Crippen LogP contribution in [0.25, 0.3) is 0 Å². The van der Waals surface area contributed by atoms with E-state index in [1.54, 1.807) is 0 Å². The molecule has 1 unspecified atom stereocenters. The molecule has 1 aromatic heterocycles. The number of ether oxygens (including phenoxy) is 1. The Morgan fingerprint density at radius 2 is 2.22 bits per heavy atom. The molecule has 0 bridgehead atoms. The van der Waals surface area contributed by atoms with Gasteiger partial charge in [0.1, 0.15) is 10.8 Å². The van der Waals surface area contributed by atoms with Gasteiger partial charge in [-0.15, -0.1) is 0 Å². The van der Waals surface area contributed by atoms with Crippen molar-refractivity contribution >= 4 is 22.4 Å². The number of rotatable bonds is 7. The van der Waals surface area contributed by atoms with E-state index in [1.165, 1.54) is 29.9 Å². The molecule has 0 aromatic carbocycles.